The third kappa shape index (κ3) is 4.13. The molecule has 6 heteroatoms. The van der Waals surface area contributed by atoms with E-state index in [1.54, 1.807) is 0 Å². The number of hydrogen-bond acceptors (Lipinski definition) is 4. The average Bonchev–Trinajstić information content (AvgIpc) is 2.97. The molecular formula is C15H21N5O. The van der Waals surface area contributed by atoms with Crippen molar-refractivity contribution in [1.82, 2.24) is 20.3 Å². The summed E-state index contributed by atoms with van der Waals surface area (Å²) in [4.78, 5) is 13.6. The van der Waals surface area contributed by atoms with Crippen LogP contribution < -0.4 is 11.1 Å². The van der Waals surface area contributed by atoms with Gasteiger partial charge in [-0.05, 0) is 24.5 Å². The number of nitrogens with one attached hydrogen (secondary N) is 1. The molecule has 6 nitrogen and oxygen atoms in total. The van der Waals surface area contributed by atoms with Gasteiger partial charge in [-0.1, -0.05) is 32.0 Å². The third-order valence-corrected chi connectivity index (χ3v) is 3.09. The van der Waals surface area contributed by atoms with Gasteiger partial charge < -0.3 is 11.1 Å². The molecule has 1 unspecified atom stereocenters. The normalized spacial score (nSPS) is 12.4. The minimum Gasteiger partial charge on any atom is -0.347 e. The number of para-hydroxylation sites is 1. The van der Waals surface area contributed by atoms with Gasteiger partial charge in [-0.3, -0.25) is 4.79 Å². The van der Waals surface area contributed by atoms with Gasteiger partial charge in [0.2, 0.25) is 0 Å². The number of rotatable bonds is 6. The molecule has 3 N–H and O–H groups in total. The zero-order valence-electron chi connectivity index (χ0n) is 12.4. The van der Waals surface area contributed by atoms with Crippen LogP contribution >= 0.6 is 0 Å². The van der Waals surface area contributed by atoms with E-state index in [4.69, 9.17) is 5.73 Å². The first-order chi connectivity index (χ1) is 10.1. The molecule has 0 aliphatic heterocycles. The Morgan fingerprint density at radius 3 is 2.67 bits per heavy atom. The minimum atomic E-state index is -0.242. The first kappa shape index (κ1) is 15.2. The second-order valence-corrected chi connectivity index (χ2v) is 5.39. The van der Waals surface area contributed by atoms with Crippen molar-refractivity contribution in [2.75, 3.05) is 6.54 Å². The molecule has 112 valence electrons. The van der Waals surface area contributed by atoms with Gasteiger partial charge in [0.05, 0.1) is 11.9 Å². The molecule has 1 aromatic carbocycles. The zero-order chi connectivity index (χ0) is 15.2. The zero-order valence-corrected chi connectivity index (χ0v) is 12.4. The summed E-state index contributed by atoms with van der Waals surface area (Å²) in [6.07, 6.45) is 2.31. The molecule has 0 saturated heterocycles. The largest absolute Gasteiger partial charge is 0.347 e. The van der Waals surface area contributed by atoms with Gasteiger partial charge in [-0.25, -0.2) is 0 Å². The summed E-state index contributed by atoms with van der Waals surface area (Å²) in [6.45, 7) is 4.61. The van der Waals surface area contributed by atoms with Crippen LogP contribution in [-0.2, 0) is 0 Å². The van der Waals surface area contributed by atoms with Gasteiger partial charge in [0.25, 0.3) is 5.91 Å². The lowest BCUT2D eigenvalue weighted by molar-refractivity contribution is 0.0928. The van der Waals surface area contributed by atoms with Crippen molar-refractivity contribution < 1.29 is 4.79 Å². The standard InChI is InChI=1S/C15H21N5O/c1-11(2)8-12(9-16)18-15(21)14-10-17-20(19-14)13-6-4-3-5-7-13/h3-7,10-12H,8-9,16H2,1-2H3,(H,18,21). The van der Waals surface area contributed by atoms with Gasteiger partial charge >= 0.3 is 0 Å². The fourth-order valence-electron chi connectivity index (χ4n) is 2.10. The van der Waals surface area contributed by atoms with E-state index in [1.165, 1.54) is 11.0 Å². The molecule has 2 rings (SSSR count). The molecule has 0 fully saturated rings. The van der Waals surface area contributed by atoms with E-state index in [-0.39, 0.29) is 11.9 Å². The Bertz CT molecular complexity index is 579. The number of amides is 1. The molecule has 0 spiro atoms. The van der Waals surface area contributed by atoms with Crippen LogP contribution in [0.1, 0.15) is 30.8 Å². The lowest BCUT2D eigenvalue weighted by Crippen LogP contribution is -2.41. The summed E-state index contributed by atoms with van der Waals surface area (Å²) < 4.78 is 0. The van der Waals surface area contributed by atoms with E-state index in [9.17, 15) is 4.79 Å². The highest BCUT2D eigenvalue weighted by molar-refractivity contribution is 5.92. The predicted octanol–water partition coefficient (Wildman–Crippen LogP) is 1.37. The molecule has 1 amide bonds. The molecule has 0 aliphatic rings. The predicted molar refractivity (Wildman–Crippen MR) is 81.1 cm³/mol. The number of carbonyl (C=O) groups excluding carboxylic acids is 1. The molecule has 0 aliphatic carbocycles. The quantitative estimate of drug-likeness (QED) is 0.840. The highest BCUT2D eigenvalue weighted by Gasteiger charge is 2.16. The fraction of sp³-hybridized carbons (Fsp3) is 0.400. The monoisotopic (exact) mass is 287 g/mol. The molecule has 0 saturated carbocycles. The number of benzene rings is 1. The molecule has 0 bridgehead atoms. The highest BCUT2D eigenvalue weighted by Crippen LogP contribution is 2.06. The summed E-state index contributed by atoms with van der Waals surface area (Å²) in [6, 6.07) is 9.42. The van der Waals surface area contributed by atoms with Crippen LogP contribution in [0.4, 0.5) is 0 Å². The van der Waals surface area contributed by atoms with Gasteiger partial charge in [0, 0.05) is 12.6 Å². The molecule has 2 aromatic rings. The minimum absolute atomic E-state index is 0.0422. The Labute approximate surface area is 124 Å². The molecular weight excluding hydrogens is 266 g/mol. The fourth-order valence-corrected chi connectivity index (χ4v) is 2.10. The molecule has 1 aromatic heterocycles. The first-order valence-electron chi connectivity index (χ1n) is 7.09. The van der Waals surface area contributed by atoms with E-state index in [1.807, 2.05) is 30.3 Å². The van der Waals surface area contributed by atoms with Crippen molar-refractivity contribution in [3.05, 3.63) is 42.2 Å². The van der Waals surface area contributed by atoms with E-state index >= 15 is 0 Å². The lowest BCUT2D eigenvalue weighted by Gasteiger charge is -2.17. The number of aromatic nitrogens is 3. The number of hydrogen-bond donors (Lipinski definition) is 2. The van der Waals surface area contributed by atoms with Crippen molar-refractivity contribution in [2.45, 2.75) is 26.3 Å². The Balaban J connectivity index is 2.05. The van der Waals surface area contributed by atoms with Crippen LogP contribution in [0.15, 0.2) is 36.5 Å². The van der Waals surface area contributed by atoms with Crippen molar-refractivity contribution in [2.24, 2.45) is 11.7 Å². The Morgan fingerprint density at radius 2 is 2.05 bits per heavy atom. The van der Waals surface area contributed by atoms with Gasteiger partial charge in [0.15, 0.2) is 5.69 Å². The topological polar surface area (TPSA) is 85.8 Å². The molecule has 1 heterocycles. The van der Waals surface area contributed by atoms with Crippen molar-refractivity contribution in [3.63, 3.8) is 0 Å². The number of nitrogens with zero attached hydrogens (tertiary/aromatic N) is 3. The number of nitrogens with two attached hydrogens (primary N) is 1. The van der Waals surface area contributed by atoms with Crippen LogP contribution in [0.3, 0.4) is 0 Å². The van der Waals surface area contributed by atoms with E-state index in [2.05, 4.69) is 29.4 Å². The third-order valence-electron chi connectivity index (χ3n) is 3.09. The Morgan fingerprint density at radius 1 is 1.33 bits per heavy atom. The van der Waals surface area contributed by atoms with Crippen molar-refractivity contribution in [3.8, 4) is 5.69 Å². The van der Waals surface area contributed by atoms with Crippen LogP contribution in [0.5, 0.6) is 0 Å². The molecule has 21 heavy (non-hydrogen) atoms. The van der Waals surface area contributed by atoms with E-state index < -0.39 is 0 Å². The van der Waals surface area contributed by atoms with Gasteiger partial charge in [0.1, 0.15) is 0 Å². The van der Waals surface area contributed by atoms with E-state index in [0.717, 1.165) is 12.1 Å². The molecule has 1 atom stereocenters. The number of carbonyl (C=O) groups is 1. The maximum Gasteiger partial charge on any atom is 0.273 e. The van der Waals surface area contributed by atoms with Crippen LogP contribution in [0.25, 0.3) is 5.69 Å². The summed E-state index contributed by atoms with van der Waals surface area (Å²) >= 11 is 0. The van der Waals surface area contributed by atoms with Crippen molar-refractivity contribution >= 4 is 5.91 Å². The summed E-state index contributed by atoms with van der Waals surface area (Å²) in [5.41, 5.74) is 6.79. The SMILES string of the molecule is CC(C)CC(CN)NC(=O)c1cnn(-c2ccccc2)n1. The molecule has 0 radical (unpaired) electrons. The average molecular weight is 287 g/mol. The lowest BCUT2D eigenvalue weighted by atomic mass is 10.0. The Kier molecular flexibility index (Phi) is 5.05. The van der Waals surface area contributed by atoms with Gasteiger partial charge in [-0.15, -0.1) is 5.10 Å². The van der Waals surface area contributed by atoms with Gasteiger partial charge in [-0.2, -0.15) is 9.90 Å². The van der Waals surface area contributed by atoms with Crippen LogP contribution in [-0.4, -0.2) is 33.5 Å². The Hall–Kier alpha value is -2.21. The highest BCUT2D eigenvalue weighted by atomic mass is 16.2. The second kappa shape index (κ2) is 6.99. The second-order valence-electron chi connectivity index (χ2n) is 5.39. The van der Waals surface area contributed by atoms with Crippen LogP contribution in [0.2, 0.25) is 0 Å². The van der Waals surface area contributed by atoms with Crippen molar-refractivity contribution in [1.29, 1.82) is 0 Å². The maximum atomic E-state index is 12.2. The summed E-state index contributed by atoms with van der Waals surface area (Å²) in [5, 5.41) is 11.2. The maximum absolute atomic E-state index is 12.2. The summed E-state index contributed by atoms with van der Waals surface area (Å²) in [5.74, 6) is 0.229. The van der Waals surface area contributed by atoms with Crippen LogP contribution in [0, 0.1) is 5.92 Å². The summed E-state index contributed by atoms with van der Waals surface area (Å²) in [7, 11) is 0. The van der Waals surface area contributed by atoms with E-state index in [0.29, 0.717) is 18.2 Å². The first-order valence-corrected chi connectivity index (χ1v) is 7.09. The smallest absolute Gasteiger partial charge is 0.273 e.